The minimum Gasteiger partial charge on any atom is -0.543 e. The monoisotopic (exact) mass is 387 g/mol. The number of carboxylic acid groups (broad SMARTS) is 2. The van der Waals surface area contributed by atoms with Gasteiger partial charge in [-0.2, -0.15) is 0 Å². The SMILES string of the molecule is CCCc1c2[nH]c(C(=O)[O-])cc(=O)c2cc2c(=O)cc(C(=O)[O-])oc12.[Na+].[Na+]. The minimum absolute atomic E-state index is 0. The summed E-state index contributed by atoms with van der Waals surface area (Å²) in [7, 11) is 0. The van der Waals surface area contributed by atoms with Gasteiger partial charge >= 0.3 is 59.1 Å². The summed E-state index contributed by atoms with van der Waals surface area (Å²) in [4.78, 5) is 49.2. The van der Waals surface area contributed by atoms with E-state index in [-0.39, 0.29) is 81.0 Å². The van der Waals surface area contributed by atoms with E-state index >= 15 is 0 Å². The van der Waals surface area contributed by atoms with E-state index in [9.17, 15) is 29.4 Å². The fourth-order valence-corrected chi connectivity index (χ4v) is 2.77. The summed E-state index contributed by atoms with van der Waals surface area (Å²) in [5, 5.41) is 22.3. The average Bonchev–Trinajstić information content (AvgIpc) is 2.55. The summed E-state index contributed by atoms with van der Waals surface area (Å²) in [6.45, 7) is 1.83. The van der Waals surface area contributed by atoms with Crippen molar-refractivity contribution in [2.24, 2.45) is 0 Å². The summed E-state index contributed by atoms with van der Waals surface area (Å²) in [6, 6.07) is 2.91. The number of benzene rings is 1. The second kappa shape index (κ2) is 9.18. The molecule has 0 unspecified atom stereocenters. The van der Waals surface area contributed by atoms with E-state index in [1.807, 2.05) is 6.92 Å². The van der Waals surface area contributed by atoms with Crippen molar-refractivity contribution in [1.82, 2.24) is 4.98 Å². The van der Waals surface area contributed by atoms with E-state index in [1.165, 1.54) is 6.07 Å². The average molecular weight is 387 g/mol. The van der Waals surface area contributed by atoms with Gasteiger partial charge in [0.15, 0.2) is 16.6 Å². The third-order valence-electron chi connectivity index (χ3n) is 3.84. The maximum absolute atomic E-state index is 12.2. The van der Waals surface area contributed by atoms with Crippen LogP contribution in [-0.2, 0) is 6.42 Å². The smallest absolute Gasteiger partial charge is 0.543 e. The van der Waals surface area contributed by atoms with Gasteiger partial charge in [0.1, 0.15) is 11.6 Å². The molecule has 0 atom stereocenters. The molecule has 0 amide bonds. The molecule has 0 fully saturated rings. The molecule has 0 saturated carbocycles. The van der Waals surface area contributed by atoms with Gasteiger partial charge in [-0.3, -0.25) is 9.59 Å². The van der Waals surface area contributed by atoms with Crippen LogP contribution in [0.1, 0.15) is 40.0 Å². The number of carboxylic acids is 2. The Morgan fingerprint density at radius 3 is 2.19 bits per heavy atom. The first kappa shape index (κ1) is 23.6. The first-order valence-corrected chi connectivity index (χ1v) is 7.43. The van der Waals surface area contributed by atoms with E-state index in [4.69, 9.17) is 4.42 Å². The minimum atomic E-state index is -1.65. The molecule has 8 nitrogen and oxygen atoms in total. The third kappa shape index (κ3) is 4.37. The molecule has 0 aliphatic carbocycles. The Balaban J connectivity index is 0.00000182. The van der Waals surface area contributed by atoms with Gasteiger partial charge in [-0.25, -0.2) is 0 Å². The molecule has 128 valence electrons. The molecule has 2 heterocycles. The Morgan fingerprint density at radius 1 is 1.00 bits per heavy atom. The number of rotatable bonds is 4. The zero-order valence-electron chi connectivity index (χ0n) is 15.0. The van der Waals surface area contributed by atoms with Crippen molar-refractivity contribution in [2.45, 2.75) is 19.8 Å². The van der Waals surface area contributed by atoms with Gasteiger partial charge < -0.3 is 29.2 Å². The molecule has 10 heteroatoms. The number of nitrogens with one attached hydrogen (secondary N) is 1. The number of carbonyl (C=O) groups is 2. The fraction of sp³-hybridized carbons (Fsp3) is 0.176. The van der Waals surface area contributed by atoms with E-state index in [2.05, 4.69) is 4.98 Å². The molecule has 3 rings (SSSR count). The Kier molecular flexibility index (Phi) is 8.03. The van der Waals surface area contributed by atoms with Gasteiger partial charge in [0, 0.05) is 23.1 Å². The topological polar surface area (TPSA) is 143 Å². The summed E-state index contributed by atoms with van der Waals surface area (Å²) < 4.78 is 5.29. The second-order valence-corrected chi connectivity index (χ2v) is 5.50. The maximum Gasteiger partial charge on any atom is 1.00 e. The van der Waals surface area contributed by atoms with Gasteiger partial charge in [0.2, 0.25) is 0 Å². The molecule has 27 heavy (non-hydrogen) atoms. The van der Waals surface area contributed by atoms with Gasteiger partial charge in [0.25, 0.3) is 0 Å². The first-order chi connectivity index (χ1) is 11.8. The Morgan fingerprint density at radius 2 is 1.63 bits per heavy atom. The van der Waals surface area contributed by atoms with Gasteiger partial charge in [0.05, 0.1) is 22.6 Å². The Bertz CT molecular complexity index is 1080. The van der Waals surface area contributed by atoms with Crippen LogP contribution in [0.25, 0.3) is 21.9 Å². The predicted molar refractivity (Wildman–Crippen MR) is 83.3 cm³/mol. The maximum atomic E-state index is 12.2. The van der Waals surface area contributed by atoms with E-state index < -0.39 is 34.3 Å². The van der Waals surface area contributed by atoms with Crippen molar-refractivity contribution in [3.8, 4) is 0 Å². The van der Waals surface area contributed by atoms with Crippen molar-refractivity contribution < 1.29 is 83.3 Å². The van der Waals surface area contributed by atoms with E-state index in [0.29, 0.717) is 18.4 Å². The summed E-state index contributed by atoms with van der Waals surface area (Å²) >= 11 is 0. The van der Waals surface area contributed by atoms with Gasteiger partial charge in [-0.15, -0.1) is 0 Å². The zero-order chi connectivity index (χ0) is 18.3. The van der Waals surface area contributed by atoms with Gasteiger partial charge in [-0.1, -0.05) is 13.3 Å². The van der Waals surface area contributed by atoms with Crippen LogP contribution >= 0.6 is 0 Å². The fourth-order valence-electron chi connectivity index (χ4n) is 2.77. The van der Waals surface area contributed by atoms with Crippen LogP contribution < -0.4 is 80.2 Å². The quantitative estimate of drug-likeness (QED) is 0.346. The number of hydrogen-bond acceptors (Lipinski definition) is 7. The number of aromatic nitrogens is 1. The standard InChI is InChI=1S/C17H13NO7.2Na/c1-2-3-7-14-8(11(19)5-10(18-14)16(21)22)4-9-12(20)6-13(17(23)24)25-15(7)9;;/h4-6H,2-3H2,1H3,(H,18,19)(H,21,22)(H,23,24);;/q;2*+1/p-2. The number of aromatic amines is 1. The van der Waals surface area contributed by atoms with Crippen LogP contribution in [0.5, 0.6) is 0 Å². The van der Waals surface area contributed by atoms with Crippen LogP contribution in [0.4, 0.5) is 0 Å². The molecule has 0 saturated heterocycles. The molecular weight excluding hydrogens is 376 g/mol. The van der Waals surface area contributed by atoms with Crippen molar-refractivity contribution >= 4 is 33.8 Å². The first-order valence-electron chi connectivity index (χ1n) is 7.43. The van der Waals surface area contributed by atoms with Crippen LogP contribution in [0, 0.1) is 0 Å². The van der Waals surface area contributed by atoms with Crippen molar-refractivity contribution in [2.75, 3.05) is 0 Å². The largest absolute Gasteiger partial charge is 1.00 e. The molecule has 3 aromatic rings. The predicted octanol–water partition coefficient (Wildman–Crippen LogP) is -6.68. The molecule has 1 aromatic carbocycles. The molecule has 1 N–H and O–H groups in total. The number of aryl methyl sites for hydroxylation is 1. The van der Waals surface area contributed by atoms with Crippen LogP contribution in [0.2, 0.25) is 0 Å². The molecule has 0 spiro atoms. The van der Waals surface area contributed by atoms with Crippen LogP contribution in [0.3, 0.4) is 0 Å². The van der Waals surface area contributed by atoms with E-state index in [1.54, 1.807) is 0 Å². The molecule has 0 bridgehead atoms. The number of carbonyl (C=O) groups excluding carboxylic acids is 2. The molecular formula is C17H11NNa2O7. The summed E-state index contributed by atoms with van der Waals surface area (Å²) in [5.41, 5.74) is -1.17. The van der Waals surface area contributed by atoms with Gasteiger partial charge in [-0.05, 0) is 12.5 Å². The molecule has 0 aliphatic heterocycles. The molecule has 2 aromatic heterocycles. The number of H-pyrrole nitrogens is 1. The number of hydrogen-bond donors (Lipinski definition) is 1. The second-order valence-electron chi connectivity index (χ2n) is 5.50. The summed E-state index contributed by atoms with van der Waals surface area (Å²) in [6.07, 6.45) is 0.894. The molecule has 0 radical (unpaired) electrons. The van der Waals surface area contributed by atoms with Crippen LogP contribution in [-0.4, -0.2) is 16.9 Å². The van der Waals surface area contributed by atoms with E-state index in [0.717, 1.165) is 12.1 Å². The van der Waals surface area contributed by atoms with Crippen molar-refractivity contribution in [3.05, 3.63) is 55.7 Å². The number of pyridine rings is 1. The Hall–Kier alpha value is -1.42. The number of fused-ring (bicyclic) bond motifs is 2. The zero-order valence-corrected chi connectivity index (χ0v) is 19.0. The summed E-state index contributed by atoms with van der Waals surface area (Å²) in [5.74, 6) is -3.86. The van der Waals surface area contributed by atoms with Crippen molar-refractivity contribution in [3.63, 3.8) is 0 Å². The third-order valence-corrected chi connectivity index (χ3v) is 3.84. The normalized spacial score (nSPS) is 10.3. The van der Waals surface area contributed by atoms with Crippen LogP contribution in [0.15, 0.2) is 32.2 Å². The Labute approximate surface area is 196 Å². The van der Waals surface area contributed by atoms with Crippen molar-refractivity contribution in [1.29, 1.82) is 0 Å². The number of aromatic carboxylic acids is 2. The molecule has 0 aliphatic rings.